The van der Waals surface area contributed by atoms with Gasteiger partial charge in [0.2, 0.25) is 0 Å². The van der Waals surface area contributed by atoms with Crippen molar-refractivity contribution in [2.24, 2.45) is 5.10 Å². The number of carboxylic acids is 1. The second kappa shape index (κ2) is 9.72. The molecule has 0 bridgehead atoms. The topological polar surface area (TPSA) is 123 Å². The minimum Gasteiger partial charge on any atom is -0.493 e. The smallest absolute Gasteiger partial charge is 0.341 e. The molecule has 0 atom stereocenters. The van der Waals surface area contributed by atoms with Crippen LogP contribution in [0.5, 0.6) is 11.5 Å². The molecule has 0 saturated heterocycles. The number of carboxylic acid groups (broad SMARTS) is 1. The maximum Gasteiger partial charge on any atom is 0.341 e. The molecule has 0 aliphatic heterocycles. The maximum absolute atomic E-state index is 10.8. The molecule has 0 fully saturated rings. The summed E-state index contributed by atoms with van der Waals surface area (Å²) in [5, 5.41) is 23.6. The molecule has 0 aromatic heterocycles. The first-order chi connectivity index (χ1) is 13.4. The fourth-order valence-electron chi connectivity index (χ4n) is 2.35. The van der Waals surface area contributed by atoms with E-state index in [9.17, 15) is 14.9 Å². The van der Waals surface area contributed by atoms with Crippen molar-refractivity contribution >= 4 is 23.6 Å². The highest BCUT2D eigenvalue weighted by molar-refractivity contribution is 5.82. The first kappa shape index (κ1) is 20.4. The first-order valence-electron chi connectivity index (χ1n) is 8.14. The molecule has 9 heteroatoms. The highest BCUT2D eigenvalue weighted by Gasteiger charge is 2.13. The Kier molecular flexibility index (Phi) is 7.09. The average molecular weight is 385 g/mol. The third-order valence-corrected chi connectivity index (χ3v) is 3.56. The molecule has 2 N–H and O–H groups in total. The van der Waals surface area contributed by atoms with Crippen LogP contribution in [0.3, 0.4) is 0 Å². The quantitative estimate of drug-likeness (QED) is 0.278. The monoisotopic (exact) mass is 385 g/mol. The number of ether oxygens (including phenoxy) is 2. The van der Waals surface area contributed by atoms with E-state index in [1.807, 2.05) is 0 Å². The lowest BCUT2D eigenvalue weighted by molar-refractivity contribution is -0.384. The van der Waals surface area contributed by atoms with Gasteiger partial charge >= 0.3 is 5.97 Å². The summed E-state index contributed by atoms with van der Waals surface area (Å²) >= 11 is 0. The van der Waals surface area contributed by atoms with Gasteiger partial charge in [-0.3, -0.25) is 15.5 Å². The summed E-state index contributed by atoms with van der Waals surface area (Å²) in [4.78, 5) is 21.0. The number of rotatable bonds is 10. The molecule has 0 spiro atoms. The molecule has 0 aliphatic rings. The Morgan fingerprint density at radius 3 is 2.64 bits per heavy atom. The molecule has 28 heavy (non-hydrogen) atoms. The van der Waals surface area contributed by atoms with E-state index in [2.05, 4.69) is 17.1 Å². The summed E-state index contributed by atoms with van der Waals surface area (Å²) < 4.78 is 10.7. The van der Waals surface area contributed by atoms with E-state index < -0.39 is 17.5 Å². The molecule has 0 amide bonds. The van der Waals surface area contributed by atoms with Crippen LogP contribution in [-0.2, 0) is 11.2 Å². The van der Waals surface area contributed by atoms with E-state index in [1.54, 1.807) is 30.3 Å². The number of non-ortho nitro benzene ring substituents is 1. The Labute approximate surface area is 161 Å². The molecule has 0 radical (unpaired) electrons. The number of allylic oxidation sites excluding steroid dienone is 1. The zero-order valence-corrected chi connectivity index (χ0v) is 15.1. The van der Waals surface area contributed by atoms with Crippen molar-refractivity contribution in [3.05, 3.63) is 70.3 Å². The molecule has 2 rings (SSSR count). The Morgan fingerprint density at radius 1 is 1.36 bits per heavy atom. The van der Waals surface area contributed by atoms with Gasteiger partial charge in [0.15, 0.2) is 18.1 Å². The molecule has 0 heterocycles. The number of nitrogens with one attached hydrogen (secondary N) is 1. The number of hydrogen-bond acceptors (Lipinski definition) is 7. The third kappa shape index (κ3) is 5.56. The number of aliphatic carboxylic acids is 1. The molecule has 0 aliphatic carbocycles. The summed E-state index contributed by atoms with van der Waals surface area (Å²) in [6.45, 7) is 3.20. The van der Waals surface area contributed by atoms with Crippen LogP contribution in [0, 0.1) is 10.1 Å². The summed E-state index contributed by atoms with van der Waals surface area (Å²) in [7, 11) is 1.46. The molecule has 2 aromatic carbocycles. The predicted molar refractivity (Wildman–Crippen MR) is 104 cm³/mol. The lowest BCUT2D eigenvalue weighted by Gasteiger charge is -2.14. The van der Waals surface area contributed by atoms with E-state index in [-0.39, 0.29) is 5.69 Å². The zero-order valence-electron chi connectivity index (χ0n) is 15.1. The van der Waals surface area contributed by atoms with E-state index in [4.69, 9.17) is 14.6 Å². The number of hydrogen-bond donors (Lipinski definition) is 2. The summed E-state index contributed by atoms with van der Waals surface area (Å²) in [6, 6.07) is 9.27. The van der Waals surface area contributed by atoms with Crippen molar-refractivity contribution in [2.45, 2.75) is 6.42 Å². The molecular weight excluding hydrogens is 366 g/mol. The van der Waals surface area contributed by atoms with Crippen LogP contribution in [0.2, 0.25) is 0 Å². The van der Waals surface area contributed by atoms with Gasteiger partial charge in [0.25, 0.3) is 5.69 Å². The number of methoxy groups -OCH3 is 1. The van der Waals surface area contributed by atoms with Gasteiger partial charge in [-0.25, -0.2) is 4.79 Å². The highest BCUT2D eigenvalue weighted by atomic mass is 16.6. The van der Waals surface area contributed by atoms with Crippen LogP contribution >= 0.6 is 0 Å². The van der Waals surface area contributed by atoms with Gasteiger partial charge in [0.05, 0.1) is 23.9 Å². The first-order valence-corrected chi connectivity index (χ1v) is 8.14. The van der Waals surface area contributed by atoms with Crippen LogP contribution in [0.15, 0.2) is 54.2 Å². The largest absolute Gasteiger partial charge is 0.493 e. The zero-order chi connectivity index (χ0) is 20.5. The molecular formula is C19H19N3O6. The minimum absolute atomic E-state index is 0.00900. The van der Waals surface area contributed by atoms with Crippen LogP contribution in [-0.4, -0.2) is 35.9 Å². The molecule has 0 unspecified atom stereocenters. The van der Waals surface area contributed by atoms with Crippen LogP contribution in [0.25, 0.3) is 0 Å². The fourth-order valence-corrected chi connectivity index (χ4v) is 2.35. The third-order valence-electron chi connectivity index (χ3n) is 3.56. The fraction of sp³-hybridized carbons (Fsp3) is 0.158. The van der Waals surface area contributed by atoms with Gasteiger partial charge in [-0.15, -0.1) is 6.58 Å². The van der Waals surface area contributed by atoms with Crippen molar-refractivity contribution < 1.29 is 24.3 Å². The second-order valence-electron chi connectivity index (χ2n) is 5.56. The van der Waals surface area contributed by atoms with E-state index >= 15 is 0 Å². The number of benzene rings is 2. The highest BCUT2D eigenvalue weighted by Crippen LogP contribution is 2.33. The van der Waals surface area contributed by atoms with Gasteiger partial charge in [-0.05, 0) is 36.2 Å². The van der Waals surface area contributed by atoms with Crippen molar-refractivity contribution in [1.82, 2.24) is 0 Å². The van der Waals surface area contributed by atoms with Crippen molar-refractivity contribution in [1.29, 1.82) is 0 Å². The number of nitrogens with zero attached hydrogens (tertiary/aromatic N) is 2. The van der Waals surface area contributed by atoms with Gasteiger partial charge < -0.3 is 14.6 Å². The molecule has 0 saturated carbocycles. The Balaban J connectivity index is 2.20. The van der Waals surface area contributed by atoms with Crippen LogP contribution in [0.4, 0.5) is 11.4 Å². The van der Waals surface area contributed by atoms with Gasteiger partial charge in [0.1, 0.15) is 0 Å². The standard InChI is InChI=1S/C19H19N3O6/c1-3-4-14-9-13(10-17(27-2)19(14)28-12-18(23)24)11-20-21-15-5-7-16(8-6-15)22(25)26/h3,5-11,21H,1,4,12H2,2H3,(H,23,24)/b20-11-. The van der Waals surface area contributed by atoms with E-state index in [0.717, 1.165) is 0 Å². The Morgan fingerprint density at radius 2 is 2.07 bits per heavy atom. The van der Waals surface area contributed by atoms with Crippen LogP contribution < -0.4 is 14.9 Å². The lowest BCUT2D eigenvalue weighted by Crippen LogP contribution is -2.11. The molecule has 9 nitrogen and oxygen atoms in total. The SMILES string of the molecule is C=CCc1cc(/C=N\Nc2ccc([N+](=O)[O-])cc2)cc(OC)c1OCC(=O)O. The van der Waals surface area contributed by atoms with E-state index in [0.29, 0.717) is 34.7 Å². The summed E-state index contributed by atoms with van der Waals surface area (Å²) in [5.41, 5.74) is 4.74. The molecule has 2 aromatic rings. The summed E-state index contributed by atoms with van der Waals surface area (Å²) in [5.74, 6) is -0.382. The van der Waals surface area contributed by atoms with Crippen molar-refractivity contribution in [2.75, 3.05) is 19.1 Å². The van der Waals surface area contributed by atoms with Gasteiger partial charge in [-0.1, -0.05) is 6.08 Å². The second-order valence-corrected chi connectivity index (χ2v) is 5.56. The number of hydrazone groups is 1. The maximum atomic E-state index is 10.8. The number of anilines is 1. The van der Waals surface area contributed by atoms with Crippen LogP contribution in [0.1, 0.15) is 11.1 Å². The number of nitro groups is 1. The number of carbonyl (C=O) groups is 1. The molecule has 146 valence electrons. The van der Waals surface area contributed by atoms with Crippen molar-refractivity contribution in [3.63, 3.8) is 0 Å². The average Bonchev–Trinajstić information content (AvgIpc) is 2.67. The Bertz CT molecular complexity index is 893. The Hall–Kier alpha value is -3.88. The minimum atomic E-state index is -1.09. The van der Waals surface area contributed by atoms with Crippen molar-refractivity contribution in [3.8, 4) is 11.5 Å². The normalized spacial score (nSPS) is 10.5. The summed E-state index contributed by atoms with van der Waals surface area (Å²) in [6.07, 6.45) is 3.65. The van der Waals surface area contributed by atoms with Gasteiger partial charge in [-0.2, -0.15) is 5.10 Å². The van der Waals surface area contributed by atoms with Gasteiger partial charge in [0, 0.05) is 17.7 Å². The number of nitro benzene ring substituents is 1. The van der Waals surface area contributed by atoms with E-state index in [1.165, 1.54) is 25.5 Å². The lowest BCUT2D eigenvalue weighted by atomic mass is 10.1. The predicted octanol–water partition coefficient (Wildman–Crippen LogP) is 3.24.